The van der Waals surface area contributed by atoms with Gasteiger partial charge in [0.1, 0.15) is 17.9 Å². The Morgan fingerprint density at radius 3 is 2.76 bits per heavy atom. The highest BCUT2D eigenvalue weighted by Crippen LogP contribution is 2.43. The molecule has 7 nitrogen and oxygen atoms in total. The molecular formula is C25H22ClN5O2. The van der Waals surface area contributed by atoms with Crippen molar-refractivity contribution < 1.29 is 9.53 Å². The van der Waals surface area contributed by atoms with E-state index in [2.05, 4.69) is 32.0 Å². The first-order valence-corrected chi connectivity index (χ1v) is 11.5. The molecule has 0 radical (unpaired) electrons. The number of benzene rings is 1. The van der Waals surface area contributed by atoms with Crippen molar-refractivity contribution in [3.63, 3.8) is 0 Å². The molecule has 166 valence electrons. The molecule has 1 amide bonds. The Hall–Kier alpha value is -3.45. The minimum atomic E-state index is -0.534. The molecule has 3 aromatic rings. The topological polar surface area (TPSA) is 71.5 Å². The van der Waals surface area contributed by atoms with E-state index in [4.69, 9.17) is 16.3 Å². The number of hydrogen-bond donors (Lipinski definition) is 0. The average molecular weight is 460 g/mol. The summed E-state index contributed by atoms with van der Waals surface area (Å²) in [7, 11) is 0. The van der Waals surface area contributed by atoms with Crippen LogP contribution in [-0.4, -0.2) is 58.0 Å². The van der Waals surface area contributed by atoms with Crippen molar-refractivity contribution in [2.75, 3.05) is 31.1 Å². The summed E-state index contributed by atoms with van der Waals surface area (Å²) in [6.45, 7) is 2.73. The Morgan fingerprint density at radius 2 is 1.94 bits per heavy atom. The highest BCUT2D eigenvalue weighted by atomic mass is 35.5. The van der Waals surface area contributed by atoms with Gasteiger partial charge in [0.2, 0.25) is 0 Å². The number of rotatable bonds is 3. The first-order chi connectivity index (χ1) is 16.2. The molecule has 2 aliphatic heterocycles. The number of amides is 1. The molecule has 1 fully saturated rings. The molecule has 1 saturated heterocycles. The number of halogens is 1. The van der Waals surface area contributed by atoms with E-state index >= 15 is 0 Å². The maximum atomic E-state index is 13.3. The Bertz CT molecular complexity index is 1260. The fourth-order valence-electron chi connectivity index (χ4n) is 4.88. The van der Waals surface area contributed by atoms with Crippen molar-refractivity contribution in [1.29, 1.82) is 0 Å². The molecule has 2 aromatic heterocycles. The van der Waals surface area contributed by atoms with Crippen LogP contribution in [0.2, 0.25) is 5.02 Å². The fraction of sp³-hybridized carbons (Fsp3) is 0.280. The predicted molar refractivity (Wildman–Crippen MR) is 126 cm³/mol. The molecule has 0 spiro atoms. The van der Waals surface area contributed by atoms with Gasteiger partial charge in [-0.05, 0) is 29.8 Å². The van der Waals surface area contributed by atoms with Crippen LogP contribution in [0.3, 0.4) is 0 Å². The zero-order valence-corrected chi connectivity index (χ0v) is 18.7. The second kappa shape index (κ2) is 8.15. The maximum absolute atomic E-state index is 13.3. The van der Waals surface area contributed by atoms with Gasteiger partial charge in [0.25, 0.3) is 5.91 Å². The summed E-state index contributed by atoms with van der Waals surface area (Å²) in [4.78, 5) is 30.2. The van der Waals surface area contributed by atoms with Crippen molar-refractivity contribution >= 4 is 29.4 Å². The first kappa shape index (κ1) is 20.2. The predicted octanol–water partition coefficient (Wildman–Crippen LogP) is 3.41. The molecule has 1 unspecified atom stereocenters. The van der Waals surface area contributed by atoms with E-state index in [0.29, 0.717) is 24.5 Å². The molecule has 1 aromatic carbocycles. The lowest BCUT2D eigenvalue weighted by Crippen LogP contribution is -2.52. The summed E-state index contributed by atoms with van der Waals surface area (Å²) in [5.74, 6) is 1.67. The fourth-order valence-corrected chi connectivity index (χ4v) is 5.12. The molecule has 1 atom stereocenters. The molecule has 0 N–H and O–H groups in total. The standard InChI is InChI=1S/C25H22ClN5O2/c26-17-12-16-13-22(25(32)31-10-8-30(9-11-31)23-5-6-27-15-29-23)33-24(16)20(14-17)18-4-7-28-21-3-1-2-19(18)21/h1-2,4-7,12,14-15,22H,3,8-11,13H2. The largest absolute Gasteiger partial charge is 0.479 e. The highest BCUT2D eigenvalue weighted by Gasteiger charge is 2.36. The third-order valence-corrected chi connectivity index (χ3v) is 6.73. The number of nitrogens with zero attached hydrogens (tertiary/aromatic N) is 5. The van der Waals surface area contributed by atoms with Crippen molar-refractivity contribution in [3.05, 3.63) is 70.9 Å². The molecular weight excluding hydrogens is 438 g/mol. The van der Waals surface area contributed by atoms with Crippen LogP contribution in [0, 0.1) is 0 Å². The number of aromatic nitrogens is 3. The van der Waals surface area contributed by atoms with Crippen LogP contribution in [0.4, 0.5) is 5.82 Å². The number of carbonyl (C=O) groups is 1. The molecule has 6 rings (SSSR count). The second-order valence-corrected chi connectivity index (χ2v) is 8.89. The third kappa shape index (κ3) is 3.62. The second-order valence-electron chi connectivity index (χ2n) is 8.46. The summed E-state index contributed by atoms with van der Waals surface area (Å²) in [5, 5.41) is 0.645. The van der Waals surface area contributed by atoms with E-state index in [1.165, 1.54) is 0 Å². The highest BCUT2D eigenvalue weighted by molar-refractivity contribution is 6.31. The van der Waals surface area contributed by atoms with Crippen molar-refractivity contribution in [3.8, 4) is 16.9 Å². The number of pyridine rings is 1. The Kier molecular flexibility index (Phi) is 4.99. The summed E-state index contributed by atoms with van der Waals surface area (Å²) in [6, 6.07) is 7.73. The lowest BCUT2D eigenvalue weighted by Gasteiger charge is -2.36. The monoisotopic (exact) mass is 459 g/mol. The minimum Gasteiger partial charge on any atom is -0.479 e. The van der Waals surface area contributed by atoms with Crippen LogP contribution >= 0.6 is 11.6 Å². The SMILES string of the molecule is O=C(C1Cc2cc(Cl)cc(-c3ccnc4c3C=CC4)c2O1)N1CCN(c2ccncn2)CC1. The van der Waals surface area contributed by atoms with Gasteiger partial charge in [-0.15, -0.1) is 0 Å². The van der Waals surface area contributed by atoms with Crippen LogP contribution < -0.4 is 9.64 Å². The van der Waals surface area contributed by atoms with Gasteiger partial charge in [-0.2, -0.15) is 0 Å². The quantitative estimate of drug-likeness (QED) is 0.597. The van der Waals surface area contributed by atoms with Gasteiger partial charge in [-0.25, -0.2) is 9.97 Å². The Balaban J connectivity index is 1.21. The van der Waals surface area contributed by atoms with Gasteiger partial charge in [-0.1, -0.05) is 23.8 Å². The van der Waals surface area contributed by atoms with Crippen LogP contribution in [0.5, 0.6) is 5.75 Å². The molecule has 8 heteroatoms. The van der Waals surface area contributed by atoms with Gasteiger partial charge in [0, 0.05) is 73.1 Å². The number of carbonyl (C=O) groups excluding carboxylic acids is 1. The third-order valence-electron chi connectivity index (χ3n) is 6.51. The number of fused-ring (bicyclic) bond motifs is 2. The van der Waals surface area contributed by atoms with Crippen molar-refractivity contribution in [1.82, 2.24) is 19.9 Å². The van der Waals surface area contributed by atoms with Gasteiger partial charge in [0.15, 0.2) is 6.10 Å². The van der Waals surface area contributed by atoms with Crippen molar-refractivity contribution in [2.45, 2.75) is 18.9 Å². The average Bonchev–Trinajstić information content (AvgIpc) is 3.51. The summed E-state index contributed by atoms with van der Waals surface area (Å²) < 4.78 is 6.31. The summed E-state index contributed by atoms with van der Waals surface area (Å²) in [6.07, 6.45) is 10.1. The van der Waals surface area contributed by atoms with Crippen LogP contribution in [-0.2, 0) is 17.6 Å². The lowest BCUT2D eigenvalue weighted by atomic mass is 9.97. The number of anilines is 1. The van der Waals surface area contributed by atoms with Crippen LogP contribution in [0.25, 0.3) is 17.2 Å². The number of hydrogen-bond acceptors (Lipinski definition) is 6. The molecule has 0 saturated carbocycles. The van der Waals surface area contributed by atoms with Crippen molar-refractivity contribution in [2.24, 2.45) is 0 Å². The van der Waals surface area contributed by atoms with E-state index in [0.717, 1.165) is 59.0 Å². The van der Waals surface area contributed by atoms with E-state index in [9.17, 15) is 4.79 Å². The molecule has 33 heavy (non-hydrogen) atoms. The number of piperazine rings is 1. The van der Waals surface area contributed by atoms with Gasteiger partial charge in [0.05, 0.1) is 5.69 Å². The molecule has 1 aliphatic carbocycles. The normalized spacial score (nSPS) is 18.8. The van der Waals surface area contributed by atoms with Crippen LogP contribution in [0.1, 0.15) is 16.8 Å². The molecule has 3 aliphatic rings. The minimum absolute atomic E-state index is 0.0236. The maximum Gasteiger partial charge on any atom is 0.264 e. The van der Waals surface area contributed by atoms with Gasteiger partial charge >= 0.3 is 0 Å². The number of allylic oxidation sites excluding steroid dienone is 1. The van der Waals surface area contributed by atoms with E-state index in [1.54, 1.807) is 12.5 Å². The smallest absolute Gasteiger partial charge is 0.264 e. The zero-order valence-electron chi connectivity index (χ0n) is 17.9. The van der Waals surface area contributed by atoms with Crippen LogP contribution in [0.15, 0.2) is 49.1 Å². The lowest BCUT2D eigenvalue weighted by molar-refractivity contribution is -0.138. The first-order valence-electron chi connectivity index (χ1n) is 11.1. The summed E-state index contributed by atoms with van der Waals surface area (Å²) in [5.41, 5.74) is 5.09. The zero-order chi connectivity index (χ0) is 22.4. The Morgan fingerprint density at radius 1 is 1.06 bits per heavy atom. The van der Waals surface area contributed by atoms with E-state index < -0.39 is 6.10 Å². The van der Waals surface area contributed by atoms with Gasteiger partial charge < -0.3 is 14.5 Å². The van der Waals surface area contributed by atoms with E-state index in [-0.39, 0.29) is 5.91 Å². The number of ether oxygens (including phenoxy) is 1. The summed E-state index contributed by atoms with van der Waals surface area (Å²) >= 11 is 6.48. The molecule has 4 heterocycles. The van der Waals surface area contributed by atoms with E-state index in [1.807, 2.05) is 35.4 Å². The van der Waals surface area contributed by atoms with Gasteiger partial charge in [-0.3, -0.25) is 9.78 Å². The Labute approximate surface area is 196 Å². The molecule has 0 bridgehead atoms.